The van der Waals surface area contributed by atoms with Crippen LogP contribution < -0.4 is 16.0 Å². The Bertz CT molecular complexity index is 909. The first kappa shape index (κ1) is 21.3. The lowest BCUT2D eigenvalue weighted by Crippen LogP contribution is -2.30. The Balaban J connectivity index is 1.40. The molecule has 0 radical (unpaired) electrons. The summed E-state index contributed by atoms with van der Waals surface area (Å²) < 4.78 is 5.36. The monoisotopic (exact) mass is 411 g/mol. The Morgan fingerprint density at radius 3 is 2.27 bits per heavy atom. The van der Waals surface area contributed by atoms with Gasteiger partial charge in [-0.25, -0.2) is 0 Å². The molecular formula is C22H25N3O5. The first-order valence-electron chi connectivity index (χ1n) is 9.91. The predicted octanol–water partition coefficient (Wildman–Crippen LogP) is 2.06. The zero-order valence-corrected chi connectivity index (χ0v) is 16.5. The highest BCUT2D eigenvalue weighted by Crippen LogP contribution is 2.16. The SMILES string of the molecule is O=C(NCCCNC(=O)c1cccc(NC(=O)C2CCCO2)c1)c1cccc(O)c1. The summed E-state index contributed by atoms with van der Waals surface area (Å²) in [5, 5.41) is 17.7. The van der Waals surface area contributed by atoms with Gasteiger partial charge < -0.3 is 25.8 Å². The zero-order valence-electron chi connectivity index (χ0n) is 16.5. The van der Waals surface area contributed by atoms with Gasteiger partial charge >= 0.3 is 0 Å². The van der Waals surface area contributed by atoms with Gasteiger partial charge in [0.05, 0.1) is 0 Å². The Morgan fingerprint density at radius 2 is 1.63 bits per heavy atom. The molecule has 158 valence electrons. The fraction of sp³-hybridized carbons (Fsp3) is 0.318. The Labute approximate surface area is 174 Å². The number of nitrogens with one attached hydrogen (secondary N) is 3. The summed E-state index contributed by atoms with van der Waals surface area (Å²) >= 11 is 0. The normalized spacial score (nSPS) is 15.4. The van der Waals surface area contributed by atoms with Crippen LogP contribution in [-0.4, -0.2) is 48.6 Å². The second-order valence-corrected chi connectivity index (χ2v) is 6.99. The van der Waals surface area contributed by atoms with Crippen LogP contribution >= 0.6 is 0 Å². The second kappa shape index (κ2) is 10.4. The number of amides is 3. The van der Waals surface area contributed by atoms with Gasteiger partial charge in [0.1, 0.15) is 11.9 Å². The number of hydrogen-bond acceptors (Lipinski definition) is 5. The van der Waals surface area contributed by atoms with Crippen molar-refractivity contribution < 1.29 is 24.2 Å². The summed E-state index contributed by atoms with van der Waals surface area (Å²) in [5.74, 6) is -0.717. The van der Waals surface area contributed by atoms with Gasteiger partial charge in [-0.1, -0.05) is 12.1 Å². The van der Waals surface area contributed by atoms with Crippen LogP contribution in [-0.2, 0) is 9.53 Å². The lowest BCUT2D eigenvalue weighted by Gasteiger charge is -2.11. The maximum Gasteiger partial charge on any atom is 0.253 e. The largest absolute Gasteiger partial charge is 0.508 e. The van der Waals surface area contributed by atoms with Crippen LogP contribution in [0.1, 0.15) is 40.0 Å². The van der Waals surface area contributed by atoms with Gasteiger partial charge in [0.25, 0.3) is 17.7 Å². The smallest absolute Gasteiger partial charge is 0.253 e. The van der Waals surface area contributed by atoms with Crippen molar-refractivity contribution in [1.29, 1.82) is 0 Å². The molecule has 0 aliphatic carbocycles. The Hall–Kier alpha value is -3.39. The number of phenols is 1. The molecule has 0 spiro atoms. The van der Waals surface area contributed by atoms with Crippen LogP contribution in [0.2, 0.25) is 0 Å². The van der Waals surface area contributed by atoms with E-state index in [4.69, 9.17) is 4.74 Å². The highest BCUT2D eigenvalue weighted by molar-refractivity contribution is 5.98. The van der Waals surface area contributed by atoms with Gasteiger partial charge in [0.2, 0.25) is 0 Å². The van der Waals surface area contributed by atoms with E-state index in [9.17, 15) is 19.5 Å². The van der Waals surface area contributed by atoms with Crippen molar-refractivity contribution >= 4 is 23.4 Å². The highest BCUT2D eigenvalue weighted by atomic mass is 16.5. The van der Waals surface area contributed by atoms with Crippen molar-refractivity contribution in [2.24, 2.45) is 0 Å². The summed E-state index contributed by atoms with van der Waals surface area (Å²) in [4.78, 5) is 36.4. The minimum atomic E-state index is -0.433. The molecule has 0 saturated carbocycles. The summed E-state index contributed by atoms with van der Waals surface area (Å²) in [6, 6.07) is 12.8. The molecule has 1 aliphatic rings. The number of carbonyl (C=O) groups is 3. The maximum absolute atomic E-state index is 12.3. The van der Waals surface area contributed by atoms with Crippen LogP contribution in [0.4, 0.5) is 5.69 Å². The minimum absolute atomic E-state index is 0.0316. The number of aromatic hydroxyl groups is 1. The van der Waals surface area contributed by atoms with E-state index in [-0.39, 0.29) is 23.5 Å². The summed E-state index contributed by atoms with van der Waals surface area (Å²) in [6.07, 6.45) is 1.69. The first-order valence-corrected chi connectivity index (χ1v) is 9.91. The van der Waals surface area contributed by atoms with Crippen molar-refractivity contribution in [3.05, 3.63) is 59.7 Å². The lowest BCUT2D eigenvalue weighted by molar-refractivity contribution is -0.124. The van der Waals surface area contributed by atoms with E-state index in [2.05, 4.69) is 16.0 Å². The van der Waals surface area contributed by atoms with E-state index in [1.54, 1.807) is 36.4 Å². The maximum atomic E-state index is 12.3. The van der Waals surface area contributed by atoms with Gasteiger partial charge in [-0.2, -0.15) is 0 Å². The molecule has 1 saturated heterocycles. The van der Waals surface area contributed by atoms with Crippen LogP contribution in [0.3, 0.4) is 0 Å². The van der Waals surface area contributed by atoms with E-state index in [0.29, 0.717) is 49.4 Å². The number of hydrogen-bond donors (Lipinski definition) is 4. The molecule has 30 heavy (non-hydrogen) atoms. The second-order valence-electron chi connectivity index (χ2n) is 6.99. The topological polar surface area (TPSA) is 117 Å². The molecule has 1 unspecified atom stereocenters. The van der Waals surface area contributed by atoms with Gasteiger partial charge in [-0.05, 0) is 55.7 Å². The molecule has 4 N–H and O–H groups in total. The van der Waals surface area contributed by atoms with Crippen LogP contribution in [0.5, 0.6) is 5.75 Å². The average molecular weight is 411 g/mol. The van der Waals surface area contributed by atoms with Crippen LogP contribution in [0.15, 0.2) is 48.5 Å². The van der Waals surface area contributed by atoms with Crippen molar-refractivity contribution in [1.82, 2.24) is 10.6 Å². The third-order valence-electron chi connectivity index (χ3n) is 4.65. The third-order valence-corrected chi connectivity index (χ3v) is 4.65. The quantitative estimate of drug-likeness (QED) is 0.496. The molecule has 1 aliphatic heterocycles. The molecule has 3 rings (SSSR count). The summed E-state index contributed by atoms with van der Waals surface area (Å²) in [7, 11) is 0. The fourth-order valence-electron chi connectivity index (χ4n) is 3.09. The molecule has 0 aromatic heterocycles. The molecule has 0 bridgehead atoms. The number of phenolic OH excluding ortho intramolecular Hbond substituents is 1. The van der Waals surface area contributed by atoms with E-state index in [1.165, 1.54) is 12.1 Å². The van der Waals surface area contributed by atoms with Gasteiger partial charge in [-0.15, -0.1) is 0 Å². The standard InChI is InChI=1S/C22H25N3O5/c26-18-8-2-6-16(14-18)21(28)24-11-4-10-23-20(27)15-5-1-7-17(13-15)25-22(29)19-9-3-12-30-19/h1-2,5-8,13-14,19,26H,3-4,9-12H2,(H,23,27)(H,24,28)(H,25,29). The third kappa shape index (κ3) is 6.05. The zero-order chi connectivity index (χ0) is 21.3. The number of carbonyl (C=O) groups excluding carboxylic acids is 3. The lowest BCUT2D eigenvalue weighted by atomic mass is 10.1. The number of ether oxygens (including phenoxy) is 1. The van der Waals surface area contributed by atoms with Gasteiger partial charge in [0.15, 0.2) is 0 Å². The van der Waals surface area contributed by atoms with Crippen molar-refractivity contribution in [2.45, 2.75) is 25.4 Å². The Kier molecular flexibility index (Phi) is 7.40. The molecule has 1 heterocycles. The number of rotatable bonds is 8. The molecule has 3 amide bonds. The minimum Gasteiger partial charge on any atom is -0.508 e. The molecular weight excluding hydrogens is 386 g/mol. The molecule has 2 aromatic rings. The summed E-state index contributed by atoms with van der Waals surface area (Å²) in [5.41, 5.74) is 1.35. The van der Waals surface area contributed by atoms with E-state index < -0.39 is 6.10 Å². The van der Waals surface area contributed by atoms with Crippen molar-refractivity contribution in [3.63, 3.8) is 0 Å². The first-order chi connectivity index (χ1) is 14.5. The van der Waals surface area contributed by atoms with Gasteiger partial charge in [-0.3, -0.25) is 14.4 Å². The number of benzene rings is 2. The van der Waals surface area contributed by atoms with Crippen molar-refractivity contribution in [2.75, 3.05) is 25.0 Å². The molecule has 8 heteroatoms. The van der Waals surface area contributed by atoms with Crippen molar-refractivity contribution in [3.8, 4) is 5.75 Å². The molecule has 1 fully saturated rings. The fourth-order valence-corrected chi connectivity index (χ4v) is 3.09. The van der Waals surface area contributed by atoms with E-state index >= 15 is 0 Å². The highest BCUT2D eigenvalue weighted by Gasteiger charge is 2.23. The molecule has 8 nitrogen and oxygen atoms in total. The molecule has 1 atom stereocenters. The van der Waals surface area contributed by atoms with Crippen LogP contribution in [0, 0.1) is 0 Å². The summed E-state index contributed by atoms with van der Waals surface area (Å²) in [6.45, 7) is 1.35. The van der Waals surface area contributed by atoms with E-state index in [0.717, 1.165) is 6.42 Å². The predicted molar refractivity (Wildman–Crippen MR) is 111 cm³/mol. The molecule has 2 aromatic carbocycles. The Morgan fingerprint density at radius 1 is 0.967 bits per heavy atom. The van der Waals surface area contributed by atoms with Crippen LogP contribution in [0.25, 0.3) is 0 Å². The average Bonchev–Trinajstić information content (AvgIpc) is 3.28. The number of anilines is 1. The van der Waals surface area contributed by atoms with E-state index in [1.807, 2.05) is 0 Å². The van der Waals surface area contributed by atoms with Gasteiger partial charge in [0, 0.05) is 36.5 Å².